The first-order chi connectivity index (χ1) is 10.3. The monoisotopic (exact) mass is 351 g/mol. The average Bonchev–Trinajstić information content (AvgIpc) is 2.37. The summed E-state index contributed by atoms with van der Waals surface area (Å²) in [6, 6.07) is 0. The Kier molecular flexibility index (Phi) is 21.7. The van der Waals surface area contributed by atoms with Crippen LogP contribution >= 0.6 is 0 Å². The van der Waals surface area contributed by atoms with Crippen LogP contribution in [-0.2, 0) is 4.79 Å². The van der Waals surface area contributed by atoms with Gasteiger partial charge >= 0.3 is 35.5 Å². The van der Waals surface area contributed by atoms with E-state index >= 15 is 0 Å². The molecule has 0 aromatic rings. The van der Waals surface area contributed by atoms with Gasteiger partial charge < -0.3 is 10.6 Å². The molecule has 0 saturated heterocycles. The molecule has 0 amide bonds. The first-order valence-corrected chi connectivity index (χ1v) is 9.21. The van der Waals surface area contributed by atoms with E-state index in [0.29, 0.717) is 0 Å². The third-order valence-electron chi connectivity index (χ3n) is 4.51. The van der Waals surface area contributed by atoms with Crippen molar-refractivity contribution >= 4 is 5.97 Å². The van der Waals surface area contributed by atoms with Crippen LogP contribution in [-0.4, -0.2) is 16.6 Å². The van der Waals surface area contributed by atoms with Gasteiger partial charge in [-0.15, -0.1) is 0 Å². The number of hydrogen-bond donors (Lipinski definition) is 1. The molecular formula is C20H40NaO3+. The average molecular weight is 352 g/mol. The van der Waals surface area contributed by atoms with Gasteiger partial charge in [-0.3, -0.25) is 0 Å². The number of carboxylic acid groups (broad SMARTS) is 1. The maximum Gasteiger partial charge on any atom is 1.00 e. The van der Waals surface area contributed by atoms with Crippen LogP contribution < -0.4 is 29.6 Å². The number of carboxylic acids is 1. The van der Waals surface area contributed by atoms with E-state index in [1.54, 1.807) is 0 Å². The van der Waals surface area contributed by atoms with Crippen molar-refractivity contribution in [3.05, 3.63) is 11.6 Å². The summed E-state index contributed by atoms with van der Waals surface area (Å²) in [5.41, 5.74) is 0.985. The van der Waals surface area contributed by atoms with Gasteiger partial charge in [-0.1, -0.05) is 78.2 Å². The van der Waals surface area contributed by atoms with Crippen molar-refractivity contribution in [3.8, 4) is 0 Å². The summed E-state index contributed by atoms with van der Waals surface area (Å²) in [6.45, 7) is 11.3. The molecule has 2 atom stereocenters. The Morgan fingerprint density at radius 1 is 0.875 bits per heavy atom. The van der Waals surface area contributed by atoms with Crippen LogP contribution in [0.15, 0.2) is 11.6 Å². The fraction of sp³-hybridized carbons (Fsp3) is 0.850. The van der Waals surface area contributed by atoms with Crippen molar-refractivity contribution in [1.29, 1.82) is 0 Å². The number of allylic oxidation sites excluding steroid dienone is 1. The zero-order valence-corrected chi connectivity index (χ0v) is 19.0. The number of aliphatic carboxylic acids is 1. The number of hydrogen-bond acceptors (Lipinski definition) is 1. The number of carbonyl (C=O) groups is 1. The molecule has 0 radical (unpaired) electrons. The van der Waals surface area contributed by atoms with Crippen molar-refractivity contribution in [2.24, 2.45) is 17.8 Å². The summed E-state index contributed by atoms with van der Waals surface area (Å²) in [6.07, 6.45) is 12.7. The summed E-state index contributed by atoms with van der Waals surface area (Å²) in [7, 11) is 0. The Labute approximate surface area is 172 Å². The summed E-state index contributed by atoms with van der Waals surface area (Å²) < 4.78 is 0. The van der Waals surface area contributed by atoms with Crippen LogP contribution in [0.4, 0.5) is 0 Å². The van der Waals surface area contributed by atoms with Crippen molar-refractivity contribution in [1.82, 2.24) is 0 Å². The van der Waals surface area contributed by atoms with E-state index in [1.165, 1.54) is 51.0 Å². The molecule has 0 aromatic carbocycles. The Bertz CT molecular complexity index is 327. The second-order valence-corrected chi connectivity index (χ2v) is 7.69. The van der Waals surface area contributed by atoms with Crippen molar-refractivity contribution in [2.45, 2.75) is 92.4 Å². The predicted octanol–water partition coefficient (Wildman–Crippen LogP) is 2.64. The summed E-state index contributed by atoms with van der Waals surface area (Å²) in [4.78, 5) is 10.5. The van der Waals surface area contributed by atoms with Gasteiger partial charge in [-0.05, 0) is 37.5 Å². The SMILES string of the molecule is CC(=CC(=O)O)CCC[C@H](C)CCC[C@H](C)CCCC(C)C.O.[Na+]. The molecule has 0 saturated carbocycles. The minimum Gasteiger partial charge on any atom is -0.478 e. The van der Waals surface area contributed by atoms with Crippen LogP contribution in [0.25, 0.3) is 0 Å². The second-order valence-electron chi connectivity index (χ2n) is 7.69. The van der Waals surface area contributed by atoms with Gasteiger partial charge in [0, 0.05) is 6.08 Å². The molecule has 0 rings (SSSR count). The molecule has 0 aliphatic carbocycles. The molecule has 0 bridgehead atoms. The quantitative estimate of drug-likeness (QED) is 0.409. The molecule has 0 heterocycles. The minimum absolute atomic E-state index is 0. The van der Waals surface area contributed by atoms with Gasteiger partial charge in [0.1, 0.15) is 0 Å². The van der Waals surface area contributed by atoms with Gasteiger partial charge in [0.25, 0.3) is 0 Å². The smallest absolute Gasteiger partial charge is 0.478 e. The maximum atomic E-state index is 10.5. The summed E-state index contributed by atoms with van der Waals surface area (Å²) >= 11 is 0. The normalized spacial score (nSPS) is 13.8. The summed E-state index contributed by atoms with van der Waals surface area (Å²) in [5, 5.41) is 8.68. The van der Waals surface area contributed by atoms with Crippen molar-refractivity contribution in [3.63, 3.8) is 0 Å². The molecule has 0 aromatic heterocycles. The van der Waals surface area contributed by atoms with Gasteiger partial charge in [-0.25, -0.2) is 4.79 Å². The van der Waals surface area contributed by atoms with Gasteiger partial charge in [-0.2, -0.15) is 0 Å². The Morgan fingerprint density at radius 3 is 1.71 bits per heavy atom. The zero-order chi connectivity index (χ0) is 17.0. The Balaban J connectivity index is -0.00000220. The molecule has 3 N–H and O–H groups in total. The molecule has 4 heteroatoms. The third-order valence-corrected chi connectivity index (χ3v) is 4.51. The van der Waals surface area contributed by atoms with Crippen molar-refractivity contribution < 1.29 is 44.9 Å². The molecule has 0 spiro atoms. The van der Waals surface area contributed by atoms with E-state index in [4.69, 9.17) is 5.11 Å². The van der Waals surface area contributed by atoms with Crippen LogP contribution in [0, 0.1) is 17.8 Å². The van der Waals surface area contributed by atoms with Crippen LogP contribution in [0.2, 0.25) is 0 Å². The maximum absolute atomic E-state index is 10.5. The van der Waals surface area contributed by atoms with E-state index in [9.17, 15) is 4.79 Å². The predicted molar refractivity (Wildman–Crippen MR) is 99.7 cm³/mol. The molecule has 0 aliphatic rings. The van der Waals surface area contributed by atoms with Crippen LogP contribution in [0.1, 0.15) is 92.4 Å². The first kappa shape index (κ1) is 29.0. The second kappa shape index (κ2) is 18.0. The molecule has 0 aliphatic heterocycles. The number of rotatable bonds is 13. The van der Waals surface area contributed by atoms with Crippen molar-refractivity contribution in [2.75, 3.05) is 0 Å². The van der Waals surface area contributed by atoms with Gasteiger partial charge in [0.15, 0.2) is 0 Å². The van der Waals surface area contributed by atoms with E-state index < -0.39 is 5.97 Å². The van der Waals surface area contributed by atoms with E-state index in [0.717, 1.165) is 36.2 Å². The van der Waals surface area contributed by atoms with Gasteiger partial charge in [0.2, 0.25) is 0 Å². The molecule has 0 fully saturated rings. The molecule has 0 unspecified atom stereocenters. The minimum atomic E-state index is -0.822. The van der Waals surface area contributed by atoms with E-state index in [1.807, 2.05) is 6.92 Å². The van der Waals surface area contributed by atoms with Gasteiger partial charge in [0.05, 0.1) is 0 Å². The Hall–Kier alpha value is 0.170. The molecular weight excluding hydrogens is 311 g/mol. The van der Waals surface area contributed by atoms with E-state index in [-0.39, 0.29) is 35.0 Å². The van der Waals surface area contributed by atoms with Crippen LogP contribution in [0.5, 0.6) is 0 Å². The standard InChI is InChI=1S/C20H38O2.Na.H2O/c1-16(2)9-6-10-17(3)11-7-12-18(4)13-8-14-19(5)15-20(21)22;;/h15-18H,6-14H2,1-5H3,(H,21,22);;1H2/q;+1;/t17-,18-;;/m1../s1. The van der Waals surface area contributed by atoms with Crippen LogP contribution in [0.3, 0.4) is 0 Å². The fourth-order valence-corrected chi connectivity index (χ4v) is 2.99. The molecule has 24 heavy (non-hydrogen) atoms. The zero-order valence-electron chi connectivity index (χ0n) is 17.0. The molecule has 3 nitrogen and oxygen atoms in total. The summed E-state index contributed by atoms with van der Waals surface area (Å²) in [5.74, 6) is 1.65. The Morgan fingerprint density at radius 2 is 1.29 bits per heavy atom. The topological polar surface area (TPSA) is 68.8 Å². The third kappa shape index (κ3) is 20.2. The fourth-order valence-electron chi connectivity index (χ4n) is 2.99. The van der Waals surface area contributed by atoms with E-state index in [2.05, 4.69) is 27.7 Å². The first-order valence-electron chi connectivity index (χ1n) is 9.21. The largest absolute Gasteiger partial charge is 1.00 e. The molecule has 138 valence electrons.